The molecular formula is C12H13N3O4S. The Morgan fingerprint density at radius 3 is 2.50 bits per heavy atom. The molecule has 0 spiro atoms. The maximum absolute atomic E-state index is 12.2. The Labute approximate surface area is 116 Å². The number of aromatic nitrogens is 2. The summed E-state index contributed by atoms with van der Waals surface area (Å²) in [6.07, 6.45) is 2.44. The van der Waals surface area contributed by atoms with Crippen molar-refractivity contribution in [3.8, 4) is 5.69 Å². The quantitative estimate of drug-likeness (QED) is 0.901. The Bertz CT molecular complexity index is 750. The smallest absolute Gasteiger partial charge is 0.338 e. The van der Waals surface area contributed by atoms with Crippen LogP contribution < -0.4 is 0 Å². The highest BCUT2D eigenvalue weighted by Crippen LogP contribution is 2.21. The maximum Gasteiger partial charge on any atom is 0.338 e. The summed E-state index contributed by atoms with van der Waals surface area (Å²) in [6.45, 7) is 0. The molecule has 0 amide bonds. The molecule has 0 aliphatic rings. The zero-order valence-corrected chi connectivity index (χ0v) is 11.7. The summed E-state index contributed by atoms with van der Waals surface area (Å²) in [6, 6.07) is 6.27. The minimum Gasteiger partial charge on any atom is -0.478 e. The van der Waals surface area contributed by atoms with Crippen LogP contribution in [-0.2, 0) is 10.0 Å². The second-order valence-corrected chi connectivity index (χ2v) is 6.35. The lowest BCUT2D eigenvalue weighted by molar-refractivity contribution is 0.0697. The maximum atomic E-state index is 12.2. The molecule has 0 bridgehead atoms. The highest BCUT2D eigenvalue weighted by atomic mass is 32.2. The first kappa shape index (κ1) is 14.2. The minimum atomic E-state index is -3.64. The number of hydrogen-bond acceptors (Lipinski definition) is 4. The molecular weight excluding hydrogens is 282 g/mol. The van der Waals surface area contributed by atoms with Gasteiger partial charge in [-0.15, -0.1) is 0 Å². The normalized spacial score (nSPS) is 11.8. The summed E-state index contributed by atoms with van der Waals surface area (Å²) < 4.78 is 26.8. The first-order valence-electron chi connectivity index (χ1n) is 5.64. The molecule has 0 atom stereocenters. The van der Waals surface area contributed by atoms with Gasteiger partial charge in [0.05, 0.1) is 17.4 Å². The number of carboxylic acid groups (broad SMARTS) is 1. The Balaban J connectivity index is 2.61. The van der Waals surface area contributed by atoms with Gasteiger partial charge in [0.25, 0.3) is 0 Å². The number of sulfonamides is 1. The van der Waals surface area contributed by atoms with E-state index in [1.807, 2.05) is 0 Å². The van der Waals surface area contributed by atoms with Gasteiger partial charge in [-0.25, -0.2) is 22.2 Å². The standard InChI is InChI=1S/C12H13N3O4S/c1-14(2)20(18,19)11-6-4-3-5-10(11)15-8-9(7-13-15)12(16)17/h3-8H,1-2H3,(H,16,17). The van der Waals surface area contributed by atoms with Crippen LogP contribution in [0, 0.1) is 0 Å². The molecule has 2 aromatic rings. The van der Waals surface area contributed by atoms with Gasteiger partial charge in [0, 0.05) is 20.3 Å². The molecule has 0 fully saturated rings. The molecule has 8 heteroatoms. The monoisotopic (exact) mass is 295 g/mol. The molecule has 1 N–H and O–H groups in total. The van der Waals surface area contributed by atoms with Crippen LogP contribution in [0.2, 0.25) is 0 Å². The first-order valence-corrected chi connectivity index (χ1v) is 7.08. The van der Waals surface area contributed by atoms with E-state index in [1.165, 1.54) is 37.2 Å². The predicted octanol–water partition coefficient (Wildman–Crippen LogP) is 0.821. The van der Waals surface area contributed by atoms with E-state index < -0.39 is 16.0 Å². The van der Waals surface area contributed by atoms with Crippen LogP contribution in [0.3, 0.4) is 0 Å². The van der Waals surface area contributed by atoms with E-state index in [0.717, 1.165) is 4.31 Å². The van der Waals surface area contributed by atoms with Gasteiger partial charge >= 0.3 is 5.97 Å². The lowest BCUT2D eigenvalue weighted by Gasteiger charge is -2.14. The van der Waals surface area contributed by atoms with Gasteiger partial charge in [0.1, 0.15) is 4.90 Å². The topological polar surface area (TPSA) is 92.5 Å². The fourth-order valence-electron chi connectivity index (χ4n) is 1.63. The highest BCUT2D eigenvalue weighted by molar-refractivity contribution is 7.89. The van der Waals surface area contributed by atoms with Crippen LogP contribution in [0.25, 0.3) is 5.69 Å². The van der Waals surface area contributed by atoms with Crippen LogP contribution in [0.15, 0.2) is 41.6 Å². The second kappa shape index (κ2) is 5.06. The number of nitrogens with zero attached hydrogens (tertiary/aromatic N) is 3. The average molecular weight is 295 g/mol. The van der Waals surface area contributed by atoms with Crippen molar-refractivity contribution in [2.24, 2.45) is 0 Å². The lowest BCUT2D eigenvalue weighted by Crippen LogP contribution is -2.23. The van der Waals surface area contributed by atoms with E-state index in [1.54, 1.807) is 18.2 Å². The van der Waals surface area contributed by atoms with Crippen molar-refractivity contribution < 1.29 is 18.3 Å². The van der Waals surface area contributed by atoms with Gasteiger partial charge in [-0.2, -0.15) is 5.10 Å². The average Bonchev–Trinajstić information content (AvgIpc) is 2.88. The van der Waals surface area contributed by atoms with Gasteiger partial charge in [0.2, 0.25) is 10.0 Å². The molecule has 0 aliphatic heterocycles. The molecule has 0 unspecified atom stereocenters. The summed E-state index contributed by atoms with van der Waals surface area (Å²) in [5.41, 5.74) is 0.288. The largest absolute Gasteiger partial charge is 0.478 e. The molecule has 0 radical (unpaired) electrons. The van der Waals surface area contributed by atoms with E-state index >= 15 is 0 Å². The van der Waals surface area contributed by atoms with Gasteiger partial charge < -0.3 is 5.11 Å². The summed E-state index contributed by atoms with van der Waals surface area (Å²) in [5.74, 6) is -1.12. The molecule has 7 nitrogen and oxygen atoms in total. The number of aromatic carboxylic acids is 1. The molecule has 1 aromatic heterocycles. The Hall–Kier alpha value is -2.19. The number of para-hydroxylation sites is 1. The van der Waals surface area contributed by atoms with Crippen LogP contribution in [0.1, 0.15) is 10.4 Å². The van der Waals surface area contributed by atoms with Crippen molar-refractivity contribution in [2.45, 2.75) is 4.90 Å². The van der Waals surface area contributed by atoms with E-state index in [-0.39, 0.29) is 10.5 Å². The second-order valence-electron chi connectivity index (χ2n) is 4.23. The molecule has 2 rings (SSSR count). The number of hydrogen-bond donors (Lipinski definition) is 1. The van der Waals surface area contributed by atoms with E-state index in [2.05, 4.69) is 5.10 Å². The van der Waals surface area contributed by atoms with Crippen molar-refractivity contribution in [1.29, 1.82) is 0 Å². The van der Waals surface area contributed by atoms with Gasteiger partial charge in [-0.05, 0) is 12.1 Å². The van der Waals surface area contributed by atoms with Crippen molar-refractivity contribution in [2.75, 3.05) is 14.1 Å². The molecule has 0 saturated carbocycles. The summed E-state index contributed by atoms with van der Waals surface area (Å²) in [5, 5.41) is 12.8. The molecule has 1 aromatic carbocycles. The van der Waals surface area contributed by atoms with Crippen LogP contribution in [-0.4, -0.2) is 47.7 Å². The minimum absolute atomic E-state index is 0.0120. The summed E-state index contributed by atoms with van der Waals surface area (Å²) in [4.78, 5) is 10.9. The van der Waals surface area contributed by atoms with Crippen molar-refractivity contribution in [3.63, 3.8) is 0 Å². The fraction of sp³-hybridized carbons (Fsp3) is 0.167. The molecule has 0 aliphatic carbocycles. The zero-order chi connectivity index (χ0) is 14.9. The zero-order valence-electron chi connectivity index (χ0n) is 10.9. The van der Waals surface area contributed by atoms with Crippen molar-refractivity contribution in [3.05, 3.63) is 42.2 Å². The van der Waals surface area contributed by atoms with E-state index in [9.17, 15) is 13.2 Å². The molecule has 106 valence electrons. The number of benzene rings is 1. The first-order chi connectivity index (χ1) is 9.34. The van der Waals surface area contributed by atoms with Crippen LogP contribution in [0.5, 0.6) is 0 Å². The third-order valence-corrected chi connectivity index (χ3v) is 4.56. The number of carbonyl (C=O) groups is 1. The SMILES string of the molecule is CN(C)S(=O)(=O)c1ccccc1-n1cc(C(=O)O)cn1. The predicted molar refractivity (Wildman–Crippen MR) is 71.4 cm³/mol. The number of rotatable bonds is 4. The molecule has 20 heavy (non-hydrogen) atoms. The van der Waals surface area contributed by atoms with Gasteiger partial charge in [0.15, 0.2) is 0 Å². The summed E-state index contributed by atoms with van der Waals surface area (Å²) >= 11 is 0. The van der Waals surface area contributed by atoms with Gasteiger partial charge in [-0.3, -0.25) is 0 Å². The number of carboxylic acids is 1. The molecule has 0 saturated heterocycles. The van der Waals surface area contributed by atoms with Crippen LogP contribution >= 0.6 is 0 Å². The van der Waals surface area contributed by atoms with Crippen molar-refractivity contribution >= 4 is 16.0 Å². The summed E-state index contributed by atoms with van der Waals surface area (Å²) in [7, 11) is -0.785. The van der Waals surface area contributed by atoms with Crippen LogP contribution in [0.4, 0.5) is 0 Å². The van der Waals surface area contributed by atoms with E-state index in [0.29, 0.717) is 5.69 Å². The third-order valence-electron chi connectivity index (χ3n) is 2.70. The molecule has 1 heterocycles. The van der Waals surface area contributed by atoms with Crippen molar-refractivity contribution in [1.82, 2.24) is 14.1 Å². The Kier molecular flexibility index (Phi) is 3.60. The Morgan fingerprint density at radius 1 is 1.30 bits per heavy atom. The van der Waals surface area contributed by atoms with Gasteiger partial charge in [-0.1, -0.05) is 12.1 Å². The fourth-order valence-corrected chi connectivity index (χ4v) is 2.70. The lowest BCUT2D eigenvalue weighted by atomic mass is 10.3. The highest BCUT2D eigenvalue weighted by Gasteiger charge is 2.22. The third kappa shape index (κ3) is 2.43. The Morgan fingerprint density at radius 2 is 1.95 bits per heavy atom. The van der Waals surface area contributed by atoms with E-state index in [4.69, 9.17) is 5.11 Å².